The summed E-state index contributed by atoms with van der Waals surface area (Å²) in [5, 5.41) is 27.2. The fraction of sp³-hybridized carbons (Fsp3) is 0.240. The van der Waals surface area contributed by atoms with Crippen molar-refractivity contribution < 1.29 is 19.1 Å². The first kappa shape index (κ1) is 26.2. The van der Waals surface area contributed by atoms with Crippen LogP contribution in [0, 0.1) is 11.3 Å². The van der Waals surface area contributed by atoms with Gasteiger partial charge in [0.25, 0.3) is 0 Å². The van der Waals surface area contributed by atoms with Crippen molar-refractivity contribution in [2.75, 3.05) is 31.2 Å². The van der Waals surface area contributed by atoms with Crippen LogP contribution in [0.25, 0.3) is 0 Å². The molecule has 0 fully saturated rings. The highest BCUT2D eigenvalue weighted by Gasteiger charge is 2.10. The zero-order chi connectivity index (χ0) is 25.8. The number of ether oxygens (including phenoxy) is 2. The maximum absolute atomic E-state index is 11.1. The SMILES string of the molecule is CC(=O)OCCN(CCOC(C)=O)c1ccc(N=Nc2sc(N=Nc3ccccc3)cc2C#N)cc1. The molecule has 36 heavy (non-hydrogen) atoms. The van der Waals surface area contributed by atoms with E-state index < -0.39 is 0 Å². The highest BCUT2D eigenvalue weighted by molar-refractivity contribution is 7.19. The molecule has 3 rings (SSSR count). The first-order valence-electron chi connectivity index (χ1n) is 11.0. The monoisotopic (exact) mass is 504 g/mol. The molecule has 11 heteroatoms. The molecule has 0 aliphatic heterocycles. The molecule has 0 saturated heterocycles. The van der Waals surface area contributed by atoms with Crippen LogP contribution in [0.15, 0.2) is 81.1 Å². The molecule has 10 nitrogen and oxygen atoms in total. The Labute approximate surface area is 212 Å². The van der Waals surface area contributed by atoms with E-state index in [-0.39, 0.29) is 25.2 Å². The molecule has 0 unspecified atom stereocenters. The van der Waals surface area contributed by atoms with Crippen molar-refractivity contribution >= 4 is 50.3 Å². The number of benzene rings is 2. The summed E-state index contributed by atoms with van der Waals surface area (Å²) in [5.74, 6) is -0.721. The molecule has 0 bridgehead atoms. The summed E-state index contributed by atoms with van der Waals surface area (Å²) < 4.78 is 10.1. The molecule has 0 radical (unpaired) electrons. The van der Waals surface area contributed by atoms with E-state index >= 15 is 0 Å². The van der Waals surface area contributed by atoms with E-state index in [2.05, 4.69) is 26.5 Å². The third-order valence-corrected chi connectivity index (χ3v) is 5.55. The molecule has 0 N–H and O–H groups in total. The van der Waals surface area contributed by atoms with Crippen molar-refractivity contribution in [2.24, 2.45) is 20.5 Å². The molecule has 184 valence electrons. The molecule has 0 amide bonds. The Kier molecular flexibility index (Phi) is 9.79. The van der Waals surface area contributed by atoms with Gasteiger partial charge in [-0.1, -0.05) is 29.5 Å². The zero-order valence-electron chi connectivity index (χ0n) is 19.8. The summed E-state index contributed by atoms with van der Waals surface area (Å²) in [6, 6.07) is 20.3. The molecular weight excluding hydrogens is 480 g/mol. The van der Waals surface area contributed by atoms with Crippen LogP contribution < -0.4 is 4.90 Å². The second-order valence-electron chi connectivity index (χ2n) is 7.33. The van der Waals surface area contributed by atoms with E-state index in [1.807, 2.05) is 47.4 Å². The van der Waals surface area contributed by atoms with Crippen LogP contribution in [-0.4, -0.2) is 38.2 Å². The van der Waals surface area contributed by atoms with E-state index in [1.54, 1.807) is 18.2 Å². The van der Waals surface area contributed by atoms with Gasteiger partial charge in [-0.25, -0.2) is 0 Å². The van der Waals surface area contributed by atoms with Crippen LogP contribution in [0.5, 0.6) is 0 Å². The lowest BCUT2D eigenvalue weighted by Gasteiger charge is -2.24. The van der Waals surface area contributed by atoms with Gasteiger partial charge >= 0.3 is 11.9 Å². The third-order valence-electron chi connectivity index (χ3n) is 4.64. The smallest absolute Gasteiger partial charge is 0.302 e. The number of rotatable bonds is 11. The molecule has 0 saturated carbocycles. The lowest BCUT2D eigenvalue weighted by molar-refractivity contribution is -0.141. The highest BCUT2D eigenvalue weighted by Crippen LogP contribution is 2.37. The number of carbonyl (C=O) groups excluding carboxylic acids is 2. The largest absolute Gasteiger partial charge is 0.464 e. The van der Waals surface area contributed by atoms with Gasteiger partial charge in [-0.15, -0.1) is 20.5 Å². The van der Waals surface area contributed by atoms with Crippen molar-refractivity contribution in [2.45, 2.75) is 13.8 Å². The van der Waals surface area contributed by atoms with Crippen LogP contribution in [0.3, 0.4) is 0 Å². The summed E-state index contributed by atoms with van der Waals surface area (Å²) in [6.45, 7) is 3.98. The number of carbonyl (C=O) groups is 2. The maximum Gasteiger partial charge on any atom is 0.302 e. The van der Waals surface area contributed by atoms with Gasteiger partial charge in [0.15, 0.2) is 5.00 Å². The molecular formula is C25H24N6O4S. The van der Waals surface area contributed by atoms with Gasteiger partial charge in [-0.3, -0.25) is 9.59 Å². The highest BCUT2D eigenvalue weighted by atomic mass is 32.1. The first-order valence-corrected chi connectivity index (χ1v) is 11.8. The molecule has 1 aromatic heterocycles. The number of anilines is 1. The third kappa shape index (κ3) is 8.41. The van der Waals surface area contributed by atoms with E-state index in [1.165, 1.54) is 25.2 Å². The average molecular weight is 505 g/mol. The Bertz CT molecular complexity index is 1250. The Balaban J connectivity index is 1.69. The molecule has 0 atom stereocenters. The van der Waals surface area contributed by atoms with Gasteiger partial charge in [0.2, 0.25) is 0 Å². The Morgan fingerprint density at radius 1 is 0.861 bits per heavy atom. The number of thiophene rings is 1. The van der Waals surface area contributed by atoms with Crippen molar-refractivity contribution in [3.8, 4) is 6.07 Å². The predicted molar refractivity (Wildman–Crippen MR) is 136 cm³/mol. The standard InChI is InChI=1S/C25H24N6O4S/c1-18(32)34-14-12-31(13-15-35-19(2)33)23-10-8-22(9-11-23)28-30-25-20(17-26)16-24(36-25)29-27-21-6-4-3-5-7-21/h3-11,16H,12-15H2,1-2H3. The lowest BCUT2D eigenvalue weighted by Crippen LogP contribution is -2.31. The van der Waals surface area contributed by atoms with Crippen LogP contribution in [-0.2, 0) is 19.1 Å². The van der Waals surface area contributed by atoms with Crippen LogP contribution in [0.1, 0.15) is 19.4 Å². The van der Waals surface area contributed by atoms with Crippen molar-refractivity contribution in [3.05, 3.63) is 66.2 Å². The molecule has 2 aromatic carbocycles. The first-order chi connectivity index (χ1) is 17.4. The van der Waals surface area contributed by atoms with Crippen molar-refractivity contribution in [3.63, 3.8) is 0 Å². The summed E-state index contributed by atoms with van der Waals surface area (Å²) in [4.78, 5) is 24.1. The number of nitriles is 1. The van der Waals surface area contributed by atoms with Crippen molar-refractivity contribution in [1.82, 2.24) is 0 Å². The van der Waals surface area contributed by atoms with E-state index in [0.717, 1.165) is 5.69 Å². The van der Waals surface area contributed by atoms with Crippen LogP contribution in [0.4, 0.5) is 27.1 Å². The minimum atomic E-state index is -0.360. The molecule has 0 spiro atoms. The van der Waals surface area contributed by atoms with Gasteiger partial charge in [-0.05, 0) is 42.5 Å². The molecule has 1 heterocycles. The quantitative estimate of drug-likeness (QED) is 0.220. The lowest BCUT2D eigenvalue weighted by atomic mass is 10.2. The summed E-state index contributed by atoms with van der Waals surface area (Å²) in [7, 11) is 0. The van der Waals surface area contributed by atoms with Gasteiger partial charge < -0.3 is 14.4 Å². The summed E-state index contributed by atoms with van der Waals surface area (Å²) >= 11 is 1.22. The number of esters is 2. The molecule has 0 aliphatic rings. The average Bonchev–Trinajstić information content (AvgIpc) is 3.28. The number of nitrogens with zero attached hydrogens (tertiary/aromatic N) is 6. The zero-order valence-corrected chi connectivity index (χ0v) is 20.6. The van der Waals surface area contributed by atoms with E-state index in [9.17, 15) is 14.9 Å². The van der Waals surface area contributed by atoms with Crippen LogP contribution >= 0.6 is 11.3 Å². The summed E-state index contributed by atoms with van der Waals surface area (Å²) in [5.41, 5.74) is 2.50. The van der Waals surface area contributed by atoms with E-state index in [0.29, 0.717) is 40.0 Å². The minimum absolute atomic E-state index is 0.204. The fourth-order valence-corrected chi connectivity index (χ4v) is 3.73. The Morgan fingerprint density at radius 2 is 1.44 bits per heavy atom. The van der Waals surface area contributed by atoms with Crippen LogP contribution in [0.2, 0.25) is 0 Å². The number of hydrogen-bond acceptors (Lipinski definition) is 11. The Hall–Kier alpha value is -4.43. The number of hydrogen-bond donors (Lipinski definition) is 0. The summed E-state index contributed by atoms with van der Waals surface area (Å²) in [6.07, 6.45) is 0. The normalized spacial score (nSPS) is 10.9. The maximum atomic E-state index is 11.1. The second-order valence-corrected chi connectivity index (χ2v) is 8.34. The van der Waals surface area contributed by atoms with Gasteiger partial charge in [0.05, 0.1) is 30.0 Å². The van der Waals surface area contributed by atoms with Gasteiger partial charge in [0.1, 0.15) is 24.3 Å². The van der Waals surface area contributed by atoms with Crippen molar-refractivity contribution in [1.29, 1.82) is 5.26 Å². The molecule has 0 aliphatic carbocycles. The second kappa shape index (κ2) is 13.5. The topological polar surface area (TPSA) is 129 Å². The fourth-order valence-electron chi connectivity index (χ4n) is 2.98. The predicted octanol–water partition coefficient (Wildman–Crippen LogP) is 6.38. The van der Waals surface area contributed by atoms with E-state index in [4.69, 9.17) is 9.47 Å². The van der Waals surface area contributed by atoms with Gasteiger partial charge in [-0.2, -0.15) is 5.26 Å². The van der Waals surface area contributed by atoms with Gasteiger partial charge in [0, 0.05) is 19.5 Å². The molecule has 3 aromatic rings. The number of azo groups is 2. The minimum Gasteiger partial charge on any atom is -0.464 e. The Morgan fingerprint density at radius 3 is 2.03 bits per heavy atom.